The van der Waals surface area contributed by atoms with Gasteiger partial charge in [-0.2, -0.15) is 0 Å². The van der Waals surface area contributed by atoms with Crippen molar-refractivity contribution in [3.8, 4) is 5.75 Å². The molecule has 0 bridgehead atoms. The highest BCUT2D eigenvalue weighted by Gasteiger charge is 2.07. The Labute approximate surface area is 163 Å². The van der Waals surface area contributed by atoms with Gasteiger partial charge in [-0.25, -0.2) is 0 Å². The SMILES string of the molecule is Cc1ccccc1NC(=O)COc1ccc(C(=O)/C=C/c2cccnc2)cc1. The van der Waals surface area contributed by atoms with E-state index in [2.05, 4.69) is 10.3 Å². The Morgan fingerprint density at radius 3 is 2.54 bits per heavy atom. The molecule has 0 saturated heterocycles. The van der Waals surface area contributed by atoms with Crippen LogP contribution in [0, 0.1) is 6.92 Å². The van der Waals surface area contributed by atoms with Crippen molar-refractivity contribution in [3.05, 3.63) is 95.8 Å². The molecule has 1 amide bonds. The summed E-state index contributed by atoms with van der Waals surface area (Å²) in [6.07, 6.45) is 6.58. The lowest BCUT2D eigenvalue weighted by Crippen LogP contribution is -2.20. The van der Waals surface area contributed by atoms with Gasteiger partial charge in [0, 0.05) is 23.6 Å². The minimum Gasteiger partial charge on any atom is -0.484 e. The van der Waals surface area contributed by atoms with Crippen LogP contribution in [-0.4, -0.2) is 23.3 Å². The van der Waals surface area contributed by atoms with Gasteiger partial charge in [0.2, 0.25) is 0 Å². The van der Waals surface area contributed by atoms with Crippen LogP contribution < -0.4 is 10.1 Å². The van der Waals surface area contributed by atoms with Crippen LogP contribution >= 0.6 is 0 Å². The van der Waals surface area contributed by atoms with Gasteiger partial charge in [0.15, 0.2) is 12.4 Å². The Balaban J connectivity index is 1.53. The first-order valence-corrected chi connectivity index (χ1v) is 8.82. The third kappa shape index (κ3) is 5.38. The molecule has 0 fully saturated rings. The quantitative estimate of drug-likeness (QED) is 0.496. The number of para-hydroxylation sites is 1. The number of amides is 1. The molecule has 0 aliphatic rings. The van der Waals surface area contributed by atoms with Crippen molar-refractivity contribution in [2.24, 2.45) is 0 Å². The number of rotatable bonds is 7. The maximum absolute atomic E-state index is 12.2. The minimum absolute atomic E-state index is 0.109. The Hall–Kier alpha value is -3.73. The number of allylic oxidation sites excluding steroid dienone is 1. The van der Waals surface area contributed by atoms with E-state index in [1.807, 2.05) is 43.3 Å². The van der Waals surface area contributed by atoms with Crippen molar-refractivity contribution >= 4 is 23.5 Å². The molecule has 0 spiro atoms. The molecule has 140 valence electrons. The normalized spacial score (nSPS) is 10.6. The fraction of sp³-hybridized carbons (Fsp3) is 0.0870. The van der Waals surface area contributed by atoms with E-state index in [4.69, 9.17) is 4.74 Å². The van der Waals surface area contributed by atoms with E-state index in [9.17, 15) is 9.59 Å². The zero-order valence-corrected chi connectivity index (χ0v) is 15.5. The molecule has 0 aliphatic heterocycles. The van der Waals surface area contributed by atoms with Gasteiger partial charge in [-0.1, -0.05) is 24.3 Å². The molecule has 0 atom stereocenters. The Bertz CT molecular complexity index is 980. The van der Waals surface area contributed by atoms with Crippen molar-refractivity contribution in [1.29, 1.82) is 0 Å². The second-order valence-corrected chi connectivity index (χ2v) is 6.16. The number of ether oxygens (including phenoxy) is 1. The number of hydrogen-bond acceptors (Lipinski definition) is 4. The van der Waals surface area contributed by atoms with E-state index in [0.717, 1.165) is 16.8 Å². The summed E-state index contributed by atoms with van der Waals surface area (Å²) in [6, 6.07) is 17.9. The van der Waals surface area contributed by atoms with Crippen LogP contribution in [0.4, 0.5) is 5.69 Å². The summed E-state index contributed by atoms with van der Waals surface area (Å²) < 4.78 is 5.49. The average molecular weight is 372 g/mol. The number of anilines is 1. The number of aryl methyl sites for hydroxylation is 1. The summed E-state index contributed by atoms with van der Waals surface area (Å²) >= 11 is 0. The summed E-state index contributed by atoms with van der Waals surface area (Å²) in [7, 11) is 0. The first-order chi connectivity index (χ1) is 13.6. The van der Waals surface area contributed by atoms with Crippen LogP contribution in [0.2, 0.25) is 0 Å². The Kier molecular flexibility index (Phi) is 6.31. The molecular weight excluding hydrogens is 352 g/mol. The Morgan fingerprint density at radius 1 is 1.04 bits per heavy atom. The summed E-state index contributed by atoms with van der Waals surface area (Å²) in [5.41, 5.74) is 3.14. The molecule has 5 nitrogen and oxygen atoms in total. The van der Waals surface area contributed by atoms with Crippen LogP contribution in [0.5, 0.6) is 5.75 Å². The summed E-state index contributed by atoms with van der Waals surface area (Å²) in [5.74, 6) is 0.161. The molecule has 0 unspecified atom stereocenters. The topological polar surface area (TPSA) is 68.3 Å². The van der Waals surface area contributed by atoms with E-state index in [-0.39, 0.29) is 18.3 Å². The predicted octanol–water partition coefficient (Wildman–Crippen LogP) is 4.30. The van der Waals surface area contributed by atoms with Crippen LogP contribution in [0.25, 0.3) is 6.08 Å². The number of pyridine rings is 1. The van der Waals surface area contributed by atoms with Gasteiger partial charge in [0.1, 0.15) is 5.75 Å². The molecule has 28 heavy (non-hydrogen) atoms. The largest absolute Gasteiger partial charge is 0.484 e. The molecule has 1 heterocycles. The van der Waals surface area contributed by atoms with Crippen molar-refractivity contribution in [1.82, 2.24) is 4.98 Å². The molecular formula is C23H20N2O3. The number of nitrogens with zero attached hydrogens (tertiary/aromatic N) is 1. The van der Waals surface area contributed by atoms with Gasteiger partial charge in [0.05, 0.1) is 0 Å². The van der Waals surface area contributed by atoms with Crippen LogP contribution in [-0.2, 0) is 4.79 Å². The number of benzene rings is 2. The number of nitrogens with one attached hydrogen (secondary N) is 1. The maximum atomic E-state index is 12.2. The lowest BCUT2D eigenvalue weighted by Gasteiger charge is -2.09. The molecule has 1 aromatic heterocycles. The van der Waals surface area contributed by atoms with Crippen molar-refractivity contribution in [2.45, 2.75) is 6.92 Å². The van der Waals surface area contributed by atoms with Crippen molar-refractivity contribution in [3.63, 3.8) is 0 Å². The first kappa shape index (κ1) is 19.0. The lowest BCUT2D eigenvalue weighted by molar-refractivity contribution is -0.118. The van der Waals surface area contributed by atoms with Crippen molar-refractivity contribution < 1.29 is 14.3 Å². The number of ketones is 1. The maximum Gasteiger partial charge on any atom is 0.262 e. The molecule has 0 radical (unpaired) electrons. The second kappa shape index (κ2) is 9.28. The van der Waals surface area contributed by atoms with E-state index in [1.54, 1.807) is 42.7 Å². The van der Waals surface area contributed by atoms with Gasteiger partial charge in [-0.05, 0) is 66.6 Å². The van der Waals surface area contributed by atoms with Gasteiger partial charge in [-0.3, -0.25) is 14.6 Å². The molecule has 0 saturated carbocycles. The Morgan fingerprint density at radius 2 is 1.82 bits per heavy atom. The molecule has 1 N–H and O–H groups in total. The molecule has 2 aromatic carbocycles. The number of aromatic nitrogens is 1. The van der Waals surface area contributed by atoms with Crippen LogP contribution in [0.1, 0.15) is 21.5 Å². The van der Waals surface area contributed by atoms with Gasteiger partial charge in [-0.15, -0.1) is 0 Å². The predicted molar refractivity (Wildman–Crippen MR) is 109 cm³/mol. The molecule has 3 aromatic rings. The minimum atomic E-state index is -0.242. The number of carbonyl (C=O) groups excluding carboxylic acids is 2. The fourth-order valence-corrected chi connectivity index (χ4v) is 2.51. The van der Waals surface area contributed by atoms with Gasteiger partial charge in [0.25, 0.3) is 5.91 Å². The fourth-order valence-electron chi connectivity index (χ4n) is 2.51. The first-order valence-electron chi connectivity index (χ1n) is 8.82. The highest BCUT2D eigenvalue weighted by molar-refractivity contribution is 6.06. The van der Waals surface area contributed by atoms with Crippen molar-refractivity contribution in [2.75, 3.05) is 11.9 Å². The van der Waals surface area contributed by atoms with Gasteiger partial charge >= 0.3 is 0 Å². The average Bonchev–Trinajstić information content (AvgIpc) is 2.73. The van der Waals surface area contributed by atoms with E-state index in [1.165, 1.54) is 6.08 Å². The molecule has 3 rings (SSSR count). The summed E-state index contributed by atoms with van der Waals surface area (Å²) in [4.78, 5) is 28.2. The van der Waals surface area contributed by atoms with E-state index >= 15 is 0 Å². The third-order valence-electron chi connectivity index (χ3n) is 4.04. The highest BCUT2D eigenvalue weighted by atomic mass is 16.5. The second-order valence-electron chi connectivity index (χ2n) is 6.16. The van der Waals surface area contributed by atoms with Gasteiger partial charge < -0.3 is 10.1 Å². The molecule has 5 heteroatoms. The highest BCUT2D eigenvalue weighted by Crippen LogP contribution is 2.15. The number of carbonyl (C=O) groups is 2. The monoisotopic (exact) mass is 372 g/mol. The summed E-state index contributed by atoms with van der Waals surface area (Å²) in [6.45, 7) is 1.82. The van der Waals surface area contributed by atoms with Crippen LogP contribution in [0.15, 0.2) is 79.1 Å². The van der Waals surface area contributed by atoms with E-state index in [0.29, 0.717) is 11.3 Å². The lowest BCUT2D eigenvalue weighted by atomic mass is 10.1. The van der Waals surface area contributed by atoms with Crippen LogP contribution in [0.3, 0.4) is 0 Å². The smallest absolute Gasteiger partial charge is 0.262 e. The van der Waals surface area contributed by atoms with E-state index < -0.39 is 0 Å². The third-order valence-corrected chi connectivity index (χ3v) is 4.04. The zero-order chi connectivity index (χ0) is 19.8. The molecule has 0 aliphatic carbocycles. The summed E-state index contributed by atoms with van der Waals surface area (Å²) in [5, 5.41) is 2.81. The zero-order valence-electron chi connectivity index (χ0n) is 15.5. The standard InChI is InChI=1S/C23H20N2O3/c1-17-5-2-3-7-21(17)25-23(27)16-28-20-11-9-19(10-12-20)22(26)13-8-18-6-4-14-24-15-18/h2-15H,16H2,1H3,(H,25,27)/b13-8+. The number of hydrogen-bond donors (Lipinski definition) is 1.